The fourth-order valence-electron chi connectivity index (χ4n) is 0.582. The molecule has 0 saturated heterocycles. The van der Waals surface area contributed by atoms with Gasteiger partial charge < -0.3 is 24.6 Å². The second-order valence-electron chi connectivity index (χ2n) is 2.18. The van der Waals surface area contributed by atoms with Crippen LogP contribution in [-0.4, -0.2) is 57.7 Å². The van der Waals surface area contributed by atoms with Gasteiger partial charge in [0.1, 0.15) is 0 Å². The molecule has 0 aromatic rings. The first kappa shape index (κ1) is 17.1. The zero-order valence-corrected chi connectivity index (χ0v) is 8.77. The summed E-state index contributed by atoms with van der Waals surface area (Å²) in [5.41, 5.74) is 0. The number of aliphatic hydroxyl groups is 1. The lowest BCUT2D eigenvalue weighted by Gasteiger charge is -2.07. The zero-order chi connectivity index (χ0) is 10.9. The Kier molecular flexibility index (Phi) is 11.7. The molecule has 0 saturated carbocycles. The van der Waals surface area contributed by atoms with Crippen molar-refractivity contribution in [1.82, 2.24) is 0 Å². The molecule has 0 aliphatic rings. The molecule has 0 heterocycles. The van der Waals surface area contributed by atoms with E-state index >= 15 is 0 Å². The van der Waals surface area contributed by atoms with Gasteiger partial charge in [-0.3, -0.25) is 4.18 Å². The van der Waals surface area contributed by atoms with E-state index in [9.17, 15) is 13.0 Å². The molecular formula is C6H13O8S-3. The van der Waals surface area contributed by atoms with E-state index in [4.69, 9.17) is 14.6 Å². The highest BCUT2D eigenvalue weighted by atomic mass is 32.3. The minimum absolute atomic E-state index is 0. The molecular weight excluding hydrogens is 232 g/mol. The minimum atomic E-state index is -4.62. The maximum Gasteiger partial charge on any atom is 0.217 e. The second-order valence-corrected chi connectivity index (χ2v) is 3.23. The van der Waals surface area contributed by atoms with Crippen LogP contribution in [0.2, 0.25) is 0 Å². The van der Waals surface area contributed by atoms with Crippen molar-refractivity contribution in [3.8, 4) is 0 Å². The van der Waals surface area contributed by atoms with Gasteiger partial charge in [-0.1, -0.05) is 0 Å². The number of aliphatic hydroxyl groups excluding tert-OH is 1. The van der Waals surface area contributed by atoms with E-state index in [-0.39, 0.29) is 38.5 Å². The Morgan fingerprint density at radius 1 is 1.00 bits per heavy atom. The predicted molar refractivity (Wildman–Crippen MR) is 45.1 cm³/mol. The third kappa shape index (κ3) is 16.4. The molecule has 0 amide bonds. The molecule has 94 valence electrons. The van der Waals surface area contributed by atoms with Gasteiger partial charge in [-0.05, 0) is 0 Å². The smallest absolute Gasteiger partial charge is 0.217 e. The highest BCUT2D eigenvalue weighted by molar-refractivity contribution is 7.80. The summed E-state index contributed by atoms with van der Waals surface area (Å²) < 4.78 is 43.3. The monoisotopic (exact) mass is 245 g/mol. The molecule has 0 aliphatic carbocycles. The van der Waals surface area contributed by atoms with Gasteiger partial charge in [-0.25, -0.2) is 8.42 Å². The van der Waals surface area contributed by atoms with Crippen molar-refractivity contribution in [2.75, 3.05) is 39.6 Å². The van der Waals surface area contributed by atoms with Crippen LogP contribution in [0.25, 0.3) is 0 Å². The Morgan fingerprint density at radius 3 is 1.93 bits per heavy atom. The van der Waals surface area contributed by atoms with Crippen molar-refractivity contribution in [3.05, 3.63) is 0 Å². The van der Waals surface area contributed by atoms with Crippen molar-refractivity contribution in [2.24, 2.45) is 0 Å². The Balaban J connectivity index is 0. The van der Waals surface area contributed by atoms with Gasteiger partial charge in [0, 0.05) is 0 Å². The fourth-order valence-corrected chi connectivity index (χ4v) is 0.854. The van der Waals surface area contributed by atoms with Crippen LogP contribution < -0.4 is 0 Å². The van der Waals surface area contributed by atoms with Gasteiger partial charge >= 0.3 is 0 Å². The fraction of sp³-hybridized carbons (Fsp3) is 1.00. The molecule has 9 heteroatoms. The van der Waals surface area contributed by atoms with Crippen LogP contribution in [0.3, 0.4) is 0 Å². The first-order valence-corrected chi connectivity index (χ1v) is 5.26. The number of rotatable bonds is 9. The van der Waals surface area contributed by atoms with E-state index in [1.807, 2.05) is 0 Å². The molecule has 0 aromatic carbocycles. The third-order valence-electron chi connectivity index (χ3n) is 1.06. The van der Waals surface area contributed by atoms with Crippen LogP contribution in [0.4, 0.5) is 0 Å². The van der Waals surface area contributed by atoms with Crippen molar-refractivity contribution in [1.29, 1.82) is 0 Å². The van der Waals surface area contributed by atoms with Crippen LogP contribution in [0.5, 0.6) is 0 Å². The zero-order valence-electron chi connectivity index (χ0n) is 7.96. The van der Waals surface area contributed by atoms with E-state index in [0.29, 0.717) is 6.61 Å². The maximum atomic E-state index is 9.92. The molecule has 0 bridgehead atoms. The highest BCUT2D eigenvalue weighted by Gasteiger charge is 1.94. The summed E-state index contributed by atoms with van der Waals surface area (Å²) in [6.07, 6.45) is 0. The lowest BCUT2D eigenvalue weighted by atomic mass is 10.7. The summed E-state index contributed by atoms with van der Waals surface area (Å²) >= 11 is 0. The van der Waals surface area contributed by atoms with Gasteiger partial charge in [0.15, 0.2) is 0 Å². The van der Waals surface area contributed by atoms with Crippen molar-refractivity contribution in [3.63, 3.8) is 0 Å². The number of ether oxygens (including phenoxy) is 2. The van der Waals surface area contributed by atoms with Gasteiger partial charge in [0.05, 0.1) is 39.6 Å². The van der Waals surface area contributed by atoms with E-state index in [1.54, 1.807) is 0 Å². The average molecular weight is 245 g/mol. The van der Waals surface area contributed by atoms with E-state index in [0.717, 1.165) is 0 Å². The number of hydrogen-bond donors (Lipinski definition) is 1. The lowest BCUT2D eigenvalue weighted by molar-refractivity contribution is 0.0241. The molecule has 0 radical (unpaired) electrons. The third-order valence-corrected chi connectivity index (χ3v) is 1.52. The average Bonchev–Trinajstić information content (AvgIpc) is 2.08. The van der Waals surface area contributed by atoms with Crippen molar-refractivity contribution in [2.45, 2.75) is 0 Å². The molecule has 0 unspecified atom stereocenters. The van der Waals surface area contributed by atoms with Crippen LogP contribution in [-0.2, 0) is 29.5 Å². The molecule has 1 N–H and O–H groups in total. The molecule has 8 nitrogen and oxygen atoms in total. The van der Waals surface area contributed by atoms with Crippen LogP contribution in [0.1, 0.15) is 0 Å². The van der Waals surface area contributed by atoms with Crippen LogP contribution in [0, 0.1) is 0 Å². The van der Waals surface area contributed by atoms with Gasteiger partial charge in [-0.15, -0.1) is 0 Å². The second kappa shape index (κ2) is 10.2. The van der Waals surface area contributed by atoms with Gasteiger partial charge in [0.2, 0.25) is 10.4 Å². The molecule has 0 atom stereocenters. The SMILES string of the molecule is O=S(=O)([O-])OCCOCCOCCO.[O-2]. The summed E-state index contributed by atoms with van der Waals surface area (Å²) in [6, 6.07) is 0. The highest BCUT2D eigenvalue weighted by Crippen LogP contribution is 1.86. The van der Waals surface area contributed by atoms with Crippen LogP contribution >= 0.6 is 0 Å². The van der Waals surface area contributed by atoms with Gasteiger partial charge in [-0.2, -0.15) is 0 Å². The largest absolute Gasteiger partial charge is 2.00 e. The normalized spacial score (nSPS) is 11.1. The Bertz CT molecular complexity index is 213. The summed E-state index contributed by atoms with van der Waals surface area (Å²) in [7, 11) is -4.62. The first-order chi connectivity index (χ1) is 6.56. The van der Waals surface area contributed by atoms with Gasteiger partial charge in [0.25, 0.3) is 0 Å². The maximum absolute atomic E-state index is 9.92. The minimum Gasteiger partial charge on any atom is -2.00 e. The molecule has 0 spiro atoms. The Labute approximate surface area is 88.0 Å². The predicted octanol–water partition coefficient (Wildman–Crippen LogP) is -1.63. The van der Waals surface area contributed by atoms with Crippen molar-refractivity contribution >= 4 is 10.4 Å². The van der Waals surface area contributed by atoms with E-state index in [2.05, 4.69) is 4.18 Å². The summed E-state index contributed by atoms with van der Waals surface area (Å²) in [5.74, 6) is 0. The summed E-state index contributed by atoms with van der Waals surface area (Å²) in [6.45, 7) is 0.426. The molecule has 15 heavy (non-hydrogen) atoms. The van der Waals surface area contributed by atoms with Crippen LogP contribution in [0.15, 0.2) is 0 Å². The van der Waals surface area contributed by atoms with E-state index in [1.165, 1.54) is 0 Å². The number of hydrogen-bond acceptors (Lipinski definition) is 7. The molecule has 0 aromatic heterocycles. The lowest BCUT2D eigenvalue weighted by Crippen LogP contribution is -2.13. The van der Waals surface area contributed by atoms with Crippen molar-refractivity contribution < 1.29 is 37.2 Å². The Morgan fingerprint density at radius 2 is 1.47 bits per heavy atom. The quantitative estimate of drug-likeness (QED) is 0.293. The molecule has 0 fully saturated rings. The summed E-state index contributed by atoms with van der Waals surface area (Å²) in [4.78, 5) is 0. The van der Waals surface area contributed by atoms with E-state index < -0.39 is 10.4 Å². The standard InChI is InChI=1S/C6H14O7S.O/c7-1-2-11-3-4-12-5-6-13-14(8,9)10;/h7H,1-6H2,(H,8,9,10);/q;-2/p-1. The Hall–Kier alpha value is -0.290. The molecule has 0 rings (SSSR count). The first-order valence-electron chi connectivity index (χ1n) is 3.93. The topological polar surface area (TPSA) is 134 Å². The summed E-state index contributed by atoms with van der Waals surface area (Å²) in [5, 5.41) is 8.31. The molecule has 0 aliphatic heterocycles.